The lowest BCUT2D eigenvalue weighted by molar-refractivity contribution is -0.268. The van der Waals surface area contributed by atoms with Crippen LogP contribution in [-0.4, -0.2) is 25.1 Å². The van der Waals surface area contributed by atoms with Crippen LogP contribution in [0.3, 0.4) is 0 Å². The molecule has 0 unspecified atom stereocenters. The van der Waals surface area contributed by atoms with E-state index in [0.717, 1.165) is 12.6 Å². The zero-order valence-electron chi connectivity index (χ0n) is 10.5. The summed E-state index contributed by atoms with van der Waals surface area (Å²) < 4.78 is 62.3. The van der Waals surface area contributed by atoms with Gasteiger partial charge in [-0.05, 0) is 25.5 Å². The van der Waals surface area contributed by atoms with E-state index in [0.29, 0.717) is 10.5 Å². The number of hydrogen-bond acceptors (Lipinski definition) is 1. The number of hydrogen-bond donors (Lipinski definition) is 0. The van der Waals surface area contributed by atoms with Crippen molar-refractivity contribution in [2.24, 2.45) is 0 Å². The van der Waals surface area contributed by atoms with E-state index in [9.17, 15) is 26.7 Å². The molecular formula is C12H12F5NO. The summed E-state index contributed by atoms with van der Waals surface area (Å²) in [5.74, 6) is -7.70. The highest BCUT2D eigenvalue weighted by atomic mass is 19.4. The van der Waals surface area contributed by atoms with E-state index >= 15 is 0 Å². The molecule has 0 atom stereocenters. The maximum absolute atomic E-state index is 13.0. The molecule has 1 aromatic rings. The fraction of sp³-hybridized carbons (Fsp3) is 0.417. The molecule has 1 aromatic carbocycles. The molecule has 0 saturated heterocycles. The van der Waals surface area contributed by atoms with Gasteiger partial charge in [-0.1, -0.05) is 17.7 Å². The zero-order chi connectivity index (χ0) is 15.0. The second-order valence-corrected chi connectivity index (χ2v) is 4.23. The number of carbonyl (C=O) groups is 1. The van der Waals surface area contributed by atoms with Crippen LogP contribution in [0.2, 0.25) is 0 Å². The summed E-state index contributed by atoms with van der Waals surface area (Å²) in [5.41, 5.74) is 1.26. The number of aryl methyl sites for hydroxylation is 2. The molecule has 19 heavy (non-hydrogen) atoms. The highest BCUT2D eigenvalue weighted by molar-refractivity contribution is 5.99. The number of rotatable bonds is 2. The second kappa shape index (κ2) is 4.79. The van der Waals surface area contributed by atoms with Gasteiger partial charge in [0.25, 0.3) is 0 Å². The average Bonchev–Trinajstić information content (AvgIpc) is 2.25. The Balaban J connectivity index is 3.13. The maximum atomic E-state index is 13.0. The van der Waals surface area contributed by atoms with Crippen LogP contribution in [-0.2, 0) is 4.79 Å². The van der Waals surface area contributed by atoms with Crippen molar-refractivity contribution in [1.29, 1.82) is 0 Å². The van der Waals surface area contributed by atoms with Crippen LogP contribution < -0.4 is 4.90 Å². The molecule has 0 bridgehead atoms. The monoisotopic (exact) mass is 281 g/mol. The van der Waals surface area contributed by atoms with Crippen LogP contribution in [0.25, 0.3) is 0 Å². The molecule has 1 rings (SSSR count). The molecule has 1 amide bonds. The fourth-order valence-corrected chi connectivity index (χ4v) is 1.62. The SMILES string of the molecule is Cc1ccc(N(C)C(=O)C(F)(F)C(F)(F)F)c(C)c1. The number of anilines is 1. The van der Waals surface area contributed by atoms with E-state index in [1.54, 1.807) is 13.0 Å². The van der Waals surface area contributed by atoms with E-state index in [1.165, 1.54) is 19.1 Å². The van der Waals surface area contributed by atoms with Crippen molar-refractivity contribution in [3.63, 3.8) is 0 Å². The van der Waals surface area contributed by atoms with Gasteiger partial charge in [0.2, 0.25) is 0 Å². The molecule has 0 aliphatic carbocycles. The molecule has 2 nitrogen and oxygen atoms in total. The minimum absolute atomic E-state index is 0.0134. The van der Waals surface area contributed by atoms with Gasteiger partial charge in [0.1, 0.15) is 0 Å². The molecular weight excluding hydrogens is 269 g/mol. The van der Waals surface area contributed by atoms with Crippen molar-refractivity contribution in [3.8, 4) is 0 Å². The largest absolute Gasteiger partial charge is 0.463 e. The van der Waals surface area contributed by atoms with Crippen LogP contribution in [0.1, 0.15) is 11.1 Å². The Bertz CT molecular complexity index is 495. The number of halogens is 5. The molecule has 0 radical (unpaired) electrons. The number of nitrogens with zero attached hydrogens (tertiary/aromatic N) is 1. The van der Waals surface area contributed by atoms with Crippen LogP contribution in [0.5, 0.6) is 0 Å². The first-order valence-corrected chi connectivity index (χ1v) is 5.28. The van der Waals surface area contributed by atoms with Gasteiger partial charge in [0, 0.05) is 12.7 Å². The lowest BCUT2D eigenvalue weighted by atomic mass is 10.1. The topological polar surface area (TPSA) is 20.3 Å². The van der Waals surface area contributed by atoms with E-state index in [4.69, 9.17) is 0 Å². The lowest BCUT2D eigenvalue weighted by Gasteiger charge is -2.26. The van der Waals surface area contributed by atoms with Crippen molar-refractivity contribution in [1.82, 2.24) is 0 Å². The molecule has 106 valence electrons. The standard InChI is InChI=1S/C12H12F5NO/c1-7-4-5-9(8(2)6-7)18(3)10(19)11(13,14)12(15,16)17/h4-6H,1-3H3. The smallest absolute Gasteiger partial charge is 0.310 e. The number of amides is 1. The molecule has 0 fully saturated rings. The molecule has 0 saturated carbocycles. The van der Waals surface area contributed by atoms with Gasteiger partial charge in [-0.25, -0.2) is 0 Å². The lowest BCUT2D eigenvalue weighted by Crippen LogP contribution is -2.51. The first-order chi connectivity index (χ1) is 8.48. The van der Waals surface area contributed by atoms with Crippen LogP contribution in [0.4, 0.5) is 27.6 Å². The molecule has 0 aliphatic heterocycles. The summed E-state index contributed by atoms with van der Waals surface area (Å²) in [7, 11) is 0.889. The highest BCUT2D eigenvalue weighted by Crippen LogP contribution is 2.37. The normalized spacial score (nSPS) is 12.4. The first kappa shape index (κ1) is 15.4. The third-order valence-corrected chi connectivity index (χ3v) is 2.64. The van der Waals surface area contributed by atoms with Gasteiger partial charge < -0.3 is 4.90 Å². The van der Waals surface area contributed by atoms with Crippen molar-refractivity contribution in [2.75, 3.05) is 11.9 Å². The third-order valence-electron chi connectivity index (χ3n) is 2.64. The Morgan fingerprint density at radius 3 is 2.05 bits per heavy atom. The Morgan fingerprint density at radius 2 is 1.63 bits per heavy atom. The molecule has 0 aliphatic rings. The van der Waals surface area contributed by atoms with E-state index in [1.807, 2.05) is 0 Å². The van der Waals surface area contributed by atoms with Crippen LogP contribution >= 0.6 is 0 Å². The summed E-state index contributed by atoms with van der Waals surface area (Å²) in [6.07, 6.45) is -5.91. The van der Waals surface area contributed by atoms with Crippen molar-refractivity contribution >= 4 is 11.6 Å². The molecule has 7 heteroatoms. The van der Waals surface area contributed by atoms with Gasteiger partial charge in [0.05, 0.1) is 0 Å². The number of alkyl halides is 5. The van der Waals surface area contributed by atoms with Crippen molar-refractivity contribution < 1.29 is 26.7 Å². The van der Waals surface area contributed by atoms with E-state index in [-0.39, 0.29) is 5.69 Å². The number of benzene rings is 1. The summed E-state index contributed by atoms with van der Waals surface area (Å²) in [5, 5.41) is 0. The summed E-state index contributed by atoms with van der Waals surface area (Å²) in [4.78, 5) is 11.6. The minimum Gasteiger partial charge on any atom is -0.310 e. The predicted octanol–water partition coefficient (Wildman–Crippen LogP) is 3.46. The van der Waals surface area contributed by atoms with Crippen molar-refractivity contribution in [3.05, 3.63) is 29.3 Å². The Hall–Kier alpha value is -1.66. The average molecular weight is 281 g/mol. The van der Waals surface area contributed by atoms with Gasteiger partial charge >= 0.3 is 18.0 Å². The molecule has 0 aromatic heterocycles. The Kier molecular flexibility index (Phi) is 3.88. The molecule has 0 spiro atoms. The predicted molar refractivity (Wildman–Crippen MR) is 60.3 cm³/mol. The van der Waals surface area contributed by atoms with Crippen molar-refractivity contribution in [2.45, 2.75) is 25.9 Å². The zero-order valence-corrected chi connectivity index (χ0v) is 10.5. The van der Waals surface area contributed by atoms with Gasteiger partial charge in [-0.2, -0.15) is 22.0 Å². The minimum atomic E-state index is -5.91. The Morgan fingerprint density at radius 1 is 1.11 bits per heavy atom. The quantitative estimate of drug-likeness (QED) is 0.760. The summed E-state index contributed by atoms with van der Waals surface area (Å²) >= 11 is 0. The van der Waals surface area contributed by atoms with Gasteiger partial charge in [-0.15, -0.1) is 0 Å². The Labute approximate surface area is 106 Å². The highest BCUT2D eigenvalue weighted by Gasteiger charge is 2.64. The van der Waals surface area contributed by atoms with Crippen LogP contribution in [0, 0.1) is 13.8 Å². The summed E-state index contributed by atoms with van der Waals surface area (Å²) in [6.45, 7) is 3.26. The van der Waals surface area contributed by atoms with E-state index in [2.05, 4.69) is 0 Å². The first-order valence-electron chi connectivity index (χ1n) is 5.28. The number of carbonyl (C=O) groups excluding carboxylic acids is 1. The summed E-state index contributed by atoms with van der Waals surface area (Å²) in [6, 6.07) is 4.44. The maximum Gasteiger partial charge on any atom is 0.463 e. The van der Waals surface area contributed by atoms with Gasteiger partial charge in [-0.3, -0.25) is 4.79 Å². The molecule has 0 heterocycles. The third kappa shape index (κ3) is 2.85. The molecule has 0 N–H and O–H groups in total. The fourth-order valence-electron chi connectivity index (χ4n) is 1.62. The van der Waals surface area contributed by atoms with Gasteiger partial charge in [0.15, 0.2) is 0 Å². The second-order valence-electron chi connectivity index (χ2n) is 4.23. The van der Waals surface area contributed by atoms with Crippen LogP contribution in [0.15, 0.2) is 18.2 Å². The van der Waals surface area contributed by atoms with E-state index < -0.39 is 18.0 Å².